The summed E-state index contributed by atoms with van der Waals surface area (Å²) in [7, 11) is 0. The fourth-order valence-electron chi connectivity index (χ4n) is 1.45. The molecule has 0 saturated carbocycles. The van der Waals surface area contributed by atoms with Gasteiger partial charge in [-0.2, -0.15) is 0 Å². The molecule has 3 heteroatoms. The SMILES string of the molecule is NC(c1ccccn1)c1ccccc1F. The molecule has 1 atom stereocenters. The van der Waals surface area contributed by atoms with Crippen molar-refractivity contribution in [2.75, 3.05) is 0 Å². The van der Waals surface area contributed by atoms with Gasteiger partial charge in [-0.3, -0.25) is 4.98 Å². The molecule has 0 aliphatic carbocycles. The molecule has 0 bridgehead atoms. The Labute approximate surface area is 87.6 Å². The maximum absolute atomic E-state index is 13.4. The van der Waals surface area contributed by atoms with Gasteiger partial charge in [0.2, 0.25) is 0 Å². The minimum absolute atomic E-state index is 0.296. The smallest absolute Gasteiger partial charge is 0.128 e. The summed E-state index contributed by atoms with van der Waals surface area (Å²) < 4.78 is 13.4. The second-order valence-electron chi connectivity index (χ2n) is 3.25. The highest BCUT2D eigenvalue weighted by Crippen LogP contribution is 2.19. The van der Waals surface area contributed by atoms with Gasteiger partial charge in [0.05, 0.1) is 11.7 Å². The molecule has 2 nitrogen and oxygen atoms in total. The summed E-state index contributed by atoms with van der Waals surface area (Å²) in [5, 5.41) is 0. The van der Waals surface area contributed by atoms with Gasteiger partial charge < -0.3 is 5.73 Å². The molecule has 15 heavy (non-hydrogen) atoms. The van der Waals surface area contributed by atoms with Crippen molar-refractivity contribution in [3.8, 4) is 0 Å². The Morgan fingerprint density at radius 3 is 2.47 bits per heavy atom. The van der Waals surface area contributed by atoms with Crippen LogP contribution in [0, 0.1) is 5.82 Å². The number of hydrogen-bond acceptors (Lipinski definition) is 2. The van der Waals surface area contributed by atoms with E-state index in [1.807, 2.05) is 6.07 Å². The first kappa shape index (κ1) is 9.80. The van der Waals surface area contributed by atoms with E-state index in [1.165, 1.54) is 6.07 Å². The van der Waals surface area contributed by atoms with Gasteiger partial charge in [0.25, 0.3) is 0 Å². The van der Waals surface area contributed by atoms with Crippen molar-refractivity contribution in [3.05, 3.63) is 65.7 Å². The van der Waals surface area contributed by atoms with Gasteiger partial charge in [0.1, 0.15) is 5.82 Å². The number of pyridine rings is 1. The average Bonchev–Trinajstić information content (AvgIpc) is 2.30. The number of halogens is 1. The number of nitrogens with two attached hydrogens (primary N) is 1. The summed E-state index contributed by atoms with van der Waals surface area (Å²) in [5.74, 6) is -0.296. The molecular weight excluding hydrogens is 191 g/mol. The van der Waals surface area contributed by atoms with E-state index < -0.39 is 6.04 Å². The van der Waals surface area contributed by atoms with Crippen LogP contribution in [0.15, 0.2) is 48.7 Å². The van der Waals surface area contributed by atoms with Crippen LogP contribution in [-0.4, -0.2) is 4.98 Å². The van der Waals surface area contributed by atoms with Crippen molar-refractivity contribution in [2.45, 2.75) is 6.04 Å². The van der Waals surface area contributed by atoms with Crippen molar-refractivity contribution >= 4 is 0 Å². The van der Waals surface area contributed by atoms with E-state index in [4.69, 9.17) is 5.73 Å². The average molecular weight is 202 g/mol. The number of hydrogen-bond donors (Lipinski definition) is 1. The summed E-state index contributed by atoms with van der Waals surface area (Å²) in [4.78, 5) is 4.10. The minimum atomic E-state index is -0.507. The van der Waals surface area contributed by atoms with Crippen LogP contribution in [0.25, 0.3) is 0 Å². The van der Waals surface area contributed by atoms with Crippen molar-refractivity contribution in [1.29, 1.82) is 0 Å². The topological polar surface area (TPSA) is 38.9 Å². The lowest BCUT2D eigenvalue weighted by Crippen LogP contribution is -2.14. The number of benzene rings is 1. The monoisotopic (exact) mass is 202 g/mol. The van der Waals surface area contributed by atoms with Gasteiger partial charge in [-0.05, 0) is 18.2 Å². The van der Waals surface area contributed by atoms with E-state index in [1.54, 1.807) is 36.5 Å². The van der Waals surface area contributed by atoms with Crippen LogP contribution < -0.4 is 5.73 Å². The van der Waals surface area contributed by atoms with E-state index in [-0.39, 0.29) is 5.82 Å². The maximum atomic E-state index is 13.4. The van der Waals surface area contributed by atoms with Gasteiger partial charge >= 0.3 is 0 Å². The maximum Gasteiger partial charge on any atom is 0.128 e. The first-order valence-electron chi connectivity index (χ1n) is 4.70. The molecule has 1 unspecified atom stereocenters. The Hall–Kier alpha value is -1.74. The molecule has 1 aromatic heterocycles. The third-order valence-corrected chi connectivity index (χ3v) is 2.25. The molecule has 0 aliphatic heterocycles. The van der Waals surface area contributed by atoms with E-state index in [2.05, 4.69) is 4.98 Å². The summed E-state index contributed by atoms with van der Waals surface area (Å²) in [6, 6.07) is 11.4. The van der Waals surface area contributed by atoms with Crippen LogP contribution in [0.3, 0.4) is 0 Å². The second-order valence-corrected chi connectivity index (χ2v) is 3.25. The predicted octanol–water partition coefficient (Wildman–Crippen LogP) is 2.27. The molecule has 2 aromatic rings. The Morgan fingerprint density at radius 2 is 1.80 bits per heavy atom. The lowest BCUT2D eigenvalue weighted by molar-refractivity contribution is 0.597. The fraction of sp³-hybridized carbons (Fsp3) is 0.0833. The quantitative estimate of drug-likeness (QED) is 0.811. The number of aromatic nitrogens is 1. The van der Waals surface area contributed by atoms with Crippen LogP contribution in [0.1, 0.15) is 17.3 Å². The van der Waals surface area contributed by atoms with E-state index >= 15 is 0 Å². The van der Waals surface area contributed by atoms with Crippen LogP contribution in [0.2, 0.25) is 0 Å². The van der Waals surface area contributed by atoms with Crippen molar-refractivity contribution in [2.24, 2.45) is 5.73 Å². The Balaban J connectivity index is 2.37. The van der Waals surface area contributed by atoms with Crippen LogP contribution >= 0.6 is 0 Å². The lowest BCUT2D eigenvalue weighted by atomic mass is 10.0. The largest absolute Gasteiger partial charge is 0.319 e. The standard InChI is InChI=1S/C12H11FN2/c13-10-6-2-1-5-9(10)12(14)11-7-3-4-8-15-11/h1-8,12H,14H2. The molecule has 0 saturated heterocycles. The third-order valence-electron chi connectivity index (χ3n) is 2.25. The molecule has 2 rings (SSSR count). The molecule has 0 fully saturated rings. The van der Waals surface area contributed by atoms with Gasteiger partial charge in [0.15, 0.2) is 0 Å². The molecule has 0 aliphatic rings. The van der Waals surface area contributed by atoms with Gasteiger partial charge in [-0.25, -0.2) is 4.39 Å². The minimum Gasteiger partial charge on any atom is -0.319 e. The van der Waals surface area contributed by atoms with E-state index in [0.717, 1.165) is 0 Å². The van der Waals surface area contributed by atoms with Crippen LogP contribution in [0.5, 0.6) is 0 Å². The molecular formula is C12H11FN2. The molecule has 2 N–H and O–H groups in total. The number of nitrogens with zero attached hydrogens (tertiary/aromatic N) is 1. The van der Waals surface area contributed by atoms with Crippen molar-refractivity contribution in [3.63, 3.8) is 0 Å². The highest BCUT2D eigenvalue weighted by Gasteiger charge is 2.13. The zero-order valence-corrected chi connectivity index (χ0v) is 8.10. The summed E-state index contributed by atoms with van der Waals surface area (Å²) >= 11 is 0. The molecule has 1 heterocycles. The first-order valence-corrected chi connectivity index (χ1v) is 4.70. The van der Waals surface area contributed by atoms with Crippen LogP contribution in [-0.2, 0) is 0 Å². The van der Waals surface area contributed by atoms with Crippen LogP contribution in [0.4, 0.5) is 4.39 Å². The predicted molar refractivity (Wildman–Crippen MR) is 56.7 cm³/mol. The van der Waals surface area contributed by atoms with Gasteiger partial charge in [-0.1, -0.05) is 24.3 Å². The molecule has 0 radical (unpaired) electrons. The lowest BCUT2D eigenvalue weighted by Gasteiger charge is -2.11. The summed E-state index contributed by atoms with van der Waals surface area (Å²) in [6.45, 7) is 0. The first-order chi connectivity index (χ1) is 7.29. The van der Waals surface area contributed by atoms with Crippen molar-refractivity contribution in [1.82, 2.24) is 4.98 Å². The van der Waals surface area contributed by atoms with E-state index in [0.29, 0.717) is 11.3 Å². The third kappa shape index (κ3) is 2.02. The normalized spacial score (nSPS) is 12.4. The van der Waals surface area contributed by atoms with Gasteiger partial charge in [0, 0.05) is 11.8 Å². The zero-order chi connectivity index (χ0) is 10.7. The number of rotatable bonds is 2. The molecule has 1 aromatic carbocycles. The molecule has 0 spiro atoms. The Morgan fingerprint density at radius 1 is 1.07 bits per heavy atom. The molecule has 0 amide bonds. The summed E-state index contributed by atoms with van der Waals surface area (Å²) in [5.41, 5.74) is 7.05. The molecule has 76 valence electrons. The Bertz CT molecular complexity index is 442. The fourth-order valence-corrected chi connectivity index (χ4v) is 1.45. The second kappa shape index (κ2) is 4.19. The highest BCUT2D eigenvalue weighted by atomic mass is 19.1. The summed E-state index contributed by atoms with van der Waals surface area (Å²) in [6.07, 6.45) is 1.65. The van der Waals surface area contributed by atoms with Gasteiger partial charge in [-0.15, -0.1) is 0 Å². The van der Waals surface area contributed by atoms with Crippen molar-refractivity contribution < 1.29 is 4.39 Å². The highest BCUT2D eigenvalue weighted by molar-refractivity contribution is 5.28. The zero-order valence-electron chi connectivity index (χ0n) is 8.10. The van der Waals surface area contributed by atoms with E-state index in [9.17, 15) is 4.39 Å². The Kier molecular flexibility index (Phi) is 2.74.